The molecule has 0 unspecified atom stereocenters. The molecule has 2 heterocycles. The third-order valence-electron chi connectivity index (χ3n) is 6.53. The molecular weight excluding hydrogens is 464 g/mol. The van der Waals surface area contributed by atoms with E-state index in [1.54, 1.807) is 0 Å². The first kappa shape index (κ1) is 22.3. The van der Waals surface area contributed by atoms with Crippen molar-refractivity contribution in [3.05, 3.63) is 118 Å². The SMILES string of the molecule is Nc1c(C(=O)OCc2ccccc2)sc2nc3c(c(-c4ccccc4)c12)CC/C3=C/c1ccccc1. The lowest BCUT2D eigenvalue weighted by Gasteiger charge is -2.12. The van der Waals surface area contributed by atoms with Crippen molar-refractivity contribution < 1.29 is 9.53 Å². The van der Waals surface area contributed by atoms with Crippen LogP contribution in [0.2, 0.25) is 0 Å². The van der Waals surface area contributed by atoms with E-state index >= 15 is 0 Å². The maximum absolute atomic E-state index is 13.1. The van der Waals surface area contributed by atoms with E-state index in [-0.39, 0.29) is 6.61 Å². The number of esters is 1. The summed E-state index contributed by atoms with van der Waals surface area (Å²) >= 11 is 1.31. The number of nitrogen functional groups attached to an aromatic ring is 1. The molecule has 36 heavy (non-hydrogen) atoms. The Balaban J connectivity index is 1.48. The van der Waals surface area contributed by atoms with E-state index < -0.39 is 5.97 Å². The van der Waals surface area contributed by atoms with E-state index in [1.165, 1.54) is 22.5 Å². The van der Waals surface area contributed by atoms with E-state index in [9.17, 15) is 4.79 Å². The number of benzene rings is 3. The van der Waals surface area contributed by atoms with Gasteiger partial charge < -0.3 is 10.5 Å². The zero-order valence-electron chi connectivity index (χ0n) is 19.6. The highest BCUT2D eigenvalue weighted by Gasteiger charge is 2.29. The van der Waals surface area contributed by atoms with E-state index in [2.05, 4.69) is 30.3 Å². The smallest absolute Gasteiger partial charge is 0.350 e. The molecule has 0 bridgehead atoms. The number of allylic oxidation sites excluding steroid dienone is 1. The zero-order valence-corrected chi connectivity index (χ0v) is 20.4. The van der Waals surface area contributed by atoms with Gasteiger partial charge in [-0.15, -0.1) is 11.3 Å². The second-order valence-electron chi connectivity index (χ2n) is 8.85. The number of thiophene rings is 1. The van der Waals surface area contributed by atoms with Crippen LogP contribution in [-0.2, 0) is 17.8 Å². The molecule has 0 spiro atoms. The Morgan fingerprint density at radius 2 is 1.58 bits per heavy atom. The summed E-state index contributed by atoms with van der Waals surface area (Å²) in [6.07, 6.45) is 4.01. The average Bonchev–Trinajstić information content (AvgIpc) is 3.48. The number of pyridine rings is 1. The fraction of sp³-hybridized carbons (Fsp3) is 0.0968. The number of anilines is 1. The quantitative estimate of drug-likeness (QED) is 0.262. The van der Waals surface area contributed by atoms with Crippen molar-refractivity contribution in [3.8, 4) is 11.1 Å². The summed E-state index contributed by atoms with van der Waals surface area (Å²) in [7, 11) is 0. The van der Waals surface area contributed by atoms with Crippen LogP contribution >= 0.6 is 11.3 Å². The Kier molecular flexibility index (Phi) is 5.84. The molecule has 1 aliphatic rings. The summed E-state index contributed by atoms with van der Waals surface area (Å²) in [5.41, 5.74) is 14.7. The minimum absolute atomic E-state index is 0.201. The summed E-state index contributed by atoms with van der Waals surface area (Å²) in [6.45, 7) is 0.201. The van der Waals surface area contributed by atoms with E-state index in [4.69, 9.17) is 15.5 Å². The van der Waals surface area contributed by atoms with Gasteiger partial charge in [0.15, 0.2) is 0 Å². The summed E-state index contributed by atoms with van der Waals surface area (Å²) in [4.78, 5) is 19.3. The van der Waals surface area contributed by atoms with E-state index in [0.717, 1.165) is 51.0 Å². The van der Waals surface area contributed by atoms with Gasteiger partial charge in [0.2, 0.25) is 0 Å². The number of nitrogens with two attached hydrogens (primary N) is 1. The number of hydrogen-bond acceptors (Lipinski definition) is 5. The molecule has 5 heteroatoms. The highest BCUT2D eigenvalue weighted by atomic mass is 32.1. The van der Waals surface area contributed by atoms with Gasteiger partial charge >= 0.3 is 5.97 Å². The van der Waals surface area contributed by atoms with Gasteiger partial charge in [0.1, 0.15) is 16.3 Å². The highest BCUT2D eigenvalue weighted by molar-refractivity contribution is 7.21. The first-order valence-electron chi connectivity index (χ1n) is 12.0. The topological polar surface area (TPSA) is 65.2 Å². The standard InChI is InChI=1S/C31H24N2O2S/c32-27-26-25(22-14-8-3-9-15-22)24-17-16-23(18-20-10-4-1-5-11-20)28(24)33-30(26)36-29(27)31(34)35-19-21-12-6-2-7-13-21/h1-15,18H,16-17,19,32H2/b23-18-. The molecule has 176 valence electrons. The second kappa shape index (κ2) is 9.44. The Hall–Kier alpha value is -4.22. The van der Waals surface area contributed by atoms with Crippen LogP contribution in [0, 0.1) is 0 Å². The van der Waals surface area contributed by atoms with Crippen molar-refractivity contribution in [2.45, 2.75) is 19.4 Å². The summed E-state index contributed by atoms with van der Waals surface area (Å²) in [5.74, 6) is -0.418. The molecule has 0 saturated heterocycles. The first-order chi connectivity index (χ1) is 17.7. The van der Waals surface area contributed by atoms with Gasteiger partial charge in [-0.3, -0.25) is 0 Å². The number of nitrogens with zero attached hydrogens (tertiary/aromatic N) is 1. The fourth-order valence-electron chi connectivity index (χ4n) is 4.83. The molecule has 0 atom stereocenters. The van der Waals surface area contributed by atoms with Crippen LogP contribution in [0.25, 0.3) is 33.0 Å². The molecule has 2 N–H and O–H groups in total. The van der Waals surface area contributed by atoms with Crippen molar-refractivity contribution in [1.82, 2.24) is 4.98 Å². The van der Waals surface area contributed by atoms with Crippen LogP contribution in [0.15, 0.2) is 91.0 Å². The molecule has 6 rings (SSSR count). The molecule has 0 fully saturated rings. The predicted octanol–water partition coefficient (Wildman–Crippen LogP) is 7.39. The van der Waals surface area contributed by atoms with Crippen LogP contribution < -0.4 is 5.73 Å². The maximum atomic E-state index is 13.1. The minimum Gasteiger partial charge on any atom is -0.457 e. The Bertz CT molecular complexity index is 1590. The third kappa shape index (κ3) is 4.08. The normalized spacial score (nSPS) is 13.7. The first-order valence-corrected chi connectivity index (χ1v) is 12.8. The molecule has 4 nitrogen and oxygen atoms in total. The lowest BCUT2D eigenvalue weighted by Crippen LogP contribution is -2.05. The molecule has 3 aromatic carbocycles. The molecule has 5 aromatic rings. The summed E-state index contributed by atoms with van der Waals surface area (Å²) < 4.78 is 5.62. The average molecular weight is 489 g/mol. The molecule has 0 saturated carbocycles. The molecule has 0 aliphatic heterocycles. The Labute approximate surface area is 213 Å². The minimum atomic E-state index is -0.418. The van der Waals surface area contributed by atoms with E-state index in [1.807, 2.05) is 66.7 Å². The van der Waals surface area contributed by atoms with Gasteiger partial charge in [0.25, 0.3) is 0 Å². The highest BCUT2D eigenvalue weighted by Crippen LogP contribution is 2.47. The molecule has 1 aliphatic carbocycles. The van der Waals surface area contributed by atoms with Gasteiger partial charge in [-0.1, -0.05) is 91.0 Å². The monoisotopic (exact) mass is 488 g/mol. The van der Waals surface area contributed by atoms with Crippen LogP contribution in [-0.4, -0.2) is 11.0 Å². The van der Waals surface area contributed by atoms with Gasteiger partial charge in [-0.05, 0) is 52.3 Å². The van der Waals surface area contributed by atoms with Gasteiger partial charge in [-0.2, -0.15) is 0 Å². The summed E-state index contributed by atoms with van der Waals surface area (Å²) in [5, 5.41) is 0.845. The van der Waals surface area contributed by atoms with Crippen LogP contribution in [0.1, 0.15) is 38.5 Å². The number of aromatic nitrogens is 1. The van der Waals surface area contributed by atoms with Gasteiger partial charge in [0.05, 0.1) is 11.4 Å². The second-order valence-corrected chi connectivity index (χ2v) is 9.85. The fourth-order valence-corrected chi connectivity index (χ4v) is 5.83. The summed E-state index contributed by atoms with van der Waals surface area (Å²) in [6, 6.07) is 30.2. The Morgan fingerprint density at radius 3 is 2.31 bits per heavy atom. The van der Waals surface area contributed by atoms with Crippen molar-refractivity contribution in [2.24, 2.45) is 0 Å². The number of carbonyl (C=O) groups is 1. The predicted molar refractivity (Wildman–Crippen MR) is 148 cm³/mol. The van der Waals surface area contributed by atoms with Crippen LogP contribution in [0.4, 0.5) is 5.69 Å². The number of hydrogen-bond donors (Lipinski definition) is 1. The third-order valence-corrected chi connectivity index (χ3v) is 7.61. The van der Waals surface area contributed by atoms with Crippen molar-refractivity contribution in [3.63, 3.8) is 0 Å². The number of carbonyl (C=O) groups excluding carboxylic acids is 1. The lowest BCUT2D eigenvalue weighted by atomic mass is 9.95. The van der Waals surface area contributed by atoms with Crippen molar-refractivity contribution >= 4 is 44.9 Å². The lowest BCUT2D eigenvalue weighted by molar-refractivity contribution is 0.0480. The number of rotatable bonds is 5. The molecule has 2 aromatic heterocycles. The van der Waals surface area contributed by atoms with Gasteiger partial charge in [0, 0.05) is 5.39 Å². The number of fused-ring (bicyclic) bond motifs is 2. The van der Waals surface area contributed by atoms with Crippen molar-refractivity contribution in [2.75, 3.05) is 5.73 Å². The molecule has 0 amide bonds. The maximum Gasteiger partial charge on any atom is 0.350 e. The van der Waals surface area contributed by atoms with Crippen LogP contribution in [0.5, 0.6) is 0 Å². The van der Waals surface area contributed by atoms with Crippen LogP contribution in [0.3, 0.4) is 0 Å². The largest absolute Gasteiger partial charge is 0.457 e. The zero-order chi connectivity index (χ0) is 24.5. The molecular formula is C31H24N2O2S. The van der Waals surface area contributed by atoms with Crippen molar-refractivity contribution in [1.29, 1.82) is 0 Å². The number of ether oxygens (including phenoxy) is 1. The Morgan fingerprint density at radius 1 is 0.917 bits per heavy atom. The molecule has 0 radical (unpaired) electrons. The van der Waals surface area contributed by atoms with E-state index in [0.29, 0.717) is 10.6 Å². The van der Waals surface area contributed by atoms with Gasteiger partial charge in [-0.25, -0.2) is 9.78 Å².